The summed E-state index contributed by atoms with van der Waals surface area (Å²) in [6.45, 7) is 2.81. The highest BCUT2D eigenvalue weighted by Crippen LogP contribution is 2.25. The summed E-state index contributed by atoms with van der Waals surface area (Å²) in [5, 5.41) is 5.23. The lowest BCUT2D eigenvalue weighted by Gasteiger charge is -2.04. The molecule has 1 amide bonds. The molecule has 0 saturated carbocycles. The van der Waals surface area contributed by atoms with E-state index in [1.807, 2.05) is 31.2 Å². The zero-order valence-electron chi connectivity index (χ0n) is 13.7. The molecule has 4 nitrogen and oxygen atoms in total. The van der Waals surface area contributed by atoms with Gasteiger partial charge in [0, 0.05) is 17.5 Å². The Morgan fingerprint density at radius 3 is 2.76 bits per heavy atom. The zero-order chi connectivity index (χ0) is 17.6. The van der Waals surface area contributed by atoms with Gasteiger partial charge in [-0.1, -0.05) is 12.1 Å². The van der Waals surface area contributed by atoms with Crippen molar-refractivity contribution in [3.8, 4) is 16.3 Å². The van der Waals surface area contributed by atoms with Gasteiger partial charge in [0.2, 0.25) is 0 Å². The van der Waals surface area contributed by atoms with Crippen molar-refractivity contribution in [2.24, 2.45) is 0 Å². The second-order valence-electron chi connectivity index (χ2n) is 5.31. The first-order chi connectivity index (χ1) is 12.2. The minimum atomic E-state index is -0.321. The number of benzene rings is 2. The van der Waals surface area contributed by atoms with Gasteiger partial charge in [-0.05, 0) is 48.9 Å². The van der Waals surface area contributed by atoms with Crippen LogP contribution >= 0.6 is 11.3 Å². The van der Waals surface area contributed by atoms with E-state index in [9.17, 15) is 9.18 Å². The molecule has 3 aromatic rings. The summed E-state index contributed by atoms with van der Waals surface area (Å²) >= 11 is 1.40. The van der Waals surface area contributed by atoms with E-state index in [2.05, 4.69) is 10.3 Å². The zero-order valence-corrected chi connectivity index (χ0v) is 14.5. The molecule has 0 aliphatic rings. The third-order valence-electron chi connectivity index (χ3n) is 3.49. The maximum absolute atomic E-state index is 13.2. The fourth-order valence-corrected chi connectivity index (χ4v) is 3.10. The number of hydrogen-bond acceptors (Lipinski definition) is 4. The molecular formula is C19H17FN2O2S. The van der Waals surface area contributed by atoms with Crippen LogP contribution in [0.1, 0.15) is 23.0 Å². The van der Waals surface area contributed by atoms with Crippen LogP contribution in [-0.2, 0) is 6.54 Å². The van der Waals surface area contributed by atoms with Crippen molar-refractivity contribution in [3.05, 3.63) is 71.0 Å². The first-order valence-electron chi connectivity index (χ1n) is 7.87. The fourth-order valence-electron chi connectivity index (χ4n) is 2.29. The lowest BCUT2D eigenvalue weighted by molar-refractivity contribution is 0.0946. The normalized spacial score (nSPS) is 10.5. The van der Waals surface area contributed by atoms with Gasteiger partial charge in [0.25, 0.3) is 5.91 Å². The van der Waals surface area contributed by atoms with E-state index in [1.54, 1.807) is 17.5 Å². The van der Waals surface area contributed by atoms with Gasteiger partial charge in [0.05, 0.1) is 6.61 Å². The summed E-state index contributed by atoms with van der Waals surface area (Å²) in [6.07, 6.45) is 0. The Labute approximate surface area is 149 Å². The summed E-state index contributed by atoms with van der Waals surface area (Å²) in [5.41, 5.74) is 1.98. The number of rotatable bonds is 6. The van der Waals surface area contributed by atoms with Crippen LogP contribution in [0.2, 0.25) is 0 Å². The summed E-state index contributed by atoms with van der Waals surface area (Å²) in [5.74, 6) is 0.201. The van der Waals surface area contributed by atoms with Gasteiger partial charge in [-0.15, -0.1) is 11.3 Å². The van der Waals surface area contributed by atoms with Crippen molar-refractivity contribution in [1.29, 1.82) is 0 Å². The van der Waals surface area contributed by atoms with Crippen LogP contribution in [0.3, 0.4) is 0 Å². The quantitative estimate of drug-likeness (QED) is 0.717. The lowest BCUT2D eigenvalue weighted by Crippen LogP contribution is -2.23. The monoisotopic (exact) mass is 356 g/mol. The smallest absolute Gasteiger partial charge is 0.271 e. The van der Waals surface area contributed by atoms with E-state index >= 15 is 0 Å². The summed E-state index contributed by atoms with van der Waals surface area (Å²) in [7, 11) is 0. The molecule has 0 unspecified atom stereocenters. The van der Waals surface area contributed by atoms with Crippen LogP contribution in [0, 0.1) is 5.82 Å². The first-order valence-corrected chi connectivity index (χ1v) is 8.75. The molecule has 0 bridgehead atoms. The second-order valence-corrected chi connectivity index (χ2v) is 6.17. The molecule has 0 aliphatic carbocycles. The molecule has 1 aromatic heterocycles. The van der Waals surface area contributed by atoms with Gasteiger partial charge in [-0.3, -0.25) is 4.79 Å². The maximum Gasteiger partial charge on any atom is 0.271 e. The van der Waals surface area contributed by atoms with Gasteiger partial charge in [0.1, 0.15) is 22.3 Å². The topological polar surface area (TPSA) is 51.2 Å². The first kappa shape index (κ1) is 17.1. The molecule has 0 radical (unpaired) electrons. The van der Waals surface area contributed by atoms with Gasteiger partial charge in [-0.2, -0.15) is 0 Å². The average molecular weight is 356 g/mol. The number of hydrogen-bond donors (Lipinski definition) is 1. The Hall–Kier alpha value is -2.73. The number of nitrogens with zero attached hydrogens (tertiary/aromatic N) is 1. The number of halogens is 1. The minimum Gasteiger partial charge on any atom is -0.494 e. The molecule has 1 N–H and O–H groups in total. The molecule has 2 aromatic carbocycles. The largest absolute Gasteiger partial charge is 0.494 e. The molecule has 0 aliphatic heterocycles. The van der Waals surface area contributed by atoms with Crippen molar-refractivity contribution in [2.45, 2.75) is 13.5 Å². The van der Waals surface area contributed by atoms with Crippen molar-refractivity contribution in [1.82, 2.24) is 10.3 Å². The third kappa shape index (κ3) is 4.42. The average Bonchev–Trinajstić information content (AvgIpc) is 3.11. The number of amides is 1. The molecule has 1 heterocycles. The second kappa shape index (κ2) is 7.90. The number of aromatic nitrogens is 1. The maximum atomic E-state index is 13.2. The number of nitrogens with one attached hydrogen (secondary N) is 1. The number of ether oxygens (including phenoxy) is 1. The third-order valence-corrected chi connectivity index (χ3v) is 4.38. The Kier molecular flexibility index (Phi) is 5.40. The molecule has 0 atom stereocenters. The highest BCUT2D eigenvalue weighted by molar-refractivity contribution is 7.13. The van der Waals surface area contributed by atoms with E-state index < -0.39 is 0 Å². The van der Waals surface area contributed by atoms with E-state index in [-0.39, 0.29) is 18.3 Å². The molecule has 0 saturated heterocycles. The molecule has 0 spiro atoms. The van der Waals surface area contributed by atoms with Crippen LogP contribution in [0.5, 0.6) is 5.75 Å². The SMILES string of the molecule is CCOc1ccc(-c2nc(C(=O)NCc3cccc(F)c3)cs2)cc1. The Bertz CT molecular complexity index is 862. The van der Waals surface area contributed by atoms with Crippen LogP contribution < -0.4 is 10.1 Å². The molecule has 128 valence electrons. The highest BCUT2D eigenvalue weighted by atomic mass is 32.1. The molecule has 6 heteroatoms. The van der Waals surface area contributed by atoms with Crippen LogP contribution in [-0.4, -0.2) is 17.5 Å². The van der Waals surface area contributed by atoms with Crippen molar-refractivity contribution >= 4 is 17.2 Å². The van der Waals surface area contributed by atoms with Gasteiger partial charge in [0.15, 0.2) is 0 Å². The predicted molar refractivity (Wildman–Crippen MR) is 96.3 cm³/mol. The van der Waals surface area contributed by atoms with Crippen LogP contribution in [0.4, 0.5) is 4.39 Å². The van der Waals surface area contributed by atoms with Gasteiger partial charge >= 0.3 is 0 Å². The van der Waals surface area contributed by atoms with E-state index in [1.165, 1.54) is 23.5 Å². The number of thiazole rings is 1. The minimum absolute atomic E-state index is 0.256. The number of carbonyl (C=O) groups excluding carboxylic acids is 1. The van der Waals surface area contributed by atoms with Crippen molar-refractivity contribution in [2.75, 3.05) is 6.61 Å². The van der Waals surface area contributed by atoms with Gasteiger partial charge in [-0.25, -0.2) is 9.37 Å². The summed E-state index contributed by atoms with van der Waals surface area (Å²) in [6, 6.07) is 13.7. The van der Waals surface area contributed by atoms with Crippen LogP contribution in [0.25, 0.3) is 10.6 Å². The molecule has 0 fully saturated rings. The summed E-state index contributed by atoms with van der Waals surface area (Å²) in [4.78, 5) is 16.6. The predicted octanol–water partition coefficient (Wildman–Crippen LogP) is 4.28. The summed E-state index contributed by atoms with van der Waals surface area (Å²) < 4.78 is 18.6. The standard InChI is InChI=1S/C19H17FN2O2S/c1-2-24-16-8-6-14(7-9-16)19-22-17(12-25-19)18(23)21-11-13-4-3-5-15(20)10-13/h3-10,12H,2,11H2,1H3,(H,21,23). The van der Waals surface area contributed by atoms with Gasteiger partial charge < -0.3 is 10.1 Å². The van der Waals surface area contributed by atoms with E-state index in [4.69, 9.17) is 4.74 Å². The number of carbonyl (C=O) groups is 1. The fraction of sp³-hybridized carbons (Fsp3) is 0.158. The Morgan fingerprint density at radius 1 is 1.24 bits per heavy atom. The van der Waals surface area contributed by atoms with Crippen LogP contribution in [0.15, 0.2) is 53.9 Å². The highest BCUT2D eigenvalue weighted by Gasteiger charge is 2.12. The molecule has 25 heavy (non-hydrogen) atoms. The van der Waals surface area contributed by atoms with Crippen molar-refractivity contribution in [3.63, 3.8) is 0 Å². The Morgan fingerprint density at radius 2 is 2.04 bits per heavy atom. The van der Waals surface area contributed by atoms with Crippen molar-refractivity contribution < 1.29 is 13.9 Å². The van der Waals surface area contributed by atoms with E-state index in [0.29, 0.717) is 17.9 Å². The lowest BCUT2D eigenvalue weighted by atomic mass is 10.2. The van der Waals surface area contributed by atoms with E-state index in [0.717, 1.165) is 16.3 Å². The molecule has 3 rings (SSSR count). The molecular weight excluding hydrogens is 339 g/mol. The Balaban J connectivity index is 1.65.